The van der Waals surface area contributed by atoms with Gasteiger partial charge in [0.05, 0.1) is 11.3 Å². The van der Waals surface area contributed by atoms with E-state index in [1.807, 2.05) is 13.0 Å². The summed E-state index contributed by atoms with van der Waals surface area (Å²) in [7, 11) is 0. The molecule has 3 rings (SSSR count). The average Bonchev–Trinajstić information content (AvgIpc) is 2.70. The number of rotatable bonds is 5. The van der Waals surface area contributed by atoms with Crippen molar-refractivity contribution < 1.29 is 23.1 Å². The molecule has 0 aliphatic heterocycles. The SMILES string of the molecule is Cc1ccc(-c2cc(C(=O)O[C@@H](C)C(N)=O)cc(-c3cccc(F)c3F)c2)nc1. The Balaban J connectivity index is 2.14. The number of aromatic nitrogens is 1. The van der Waals surface area contributed by atoms with Crippen molar-refractivity contribution >= 4 is 11.9 Å². The Morgan fingerprint density at radius 2 is 1.79 bits per heavy atom. The first kappa shape index (κ1) is 20.1. The Labute approximate surface area is 166 Å². The first-order valence-electron chi connectivity index (χ1n) is 8.79. The van der Waals surface area contributed by atoms with Gasteiger partial charge < -0.3 is 10.5 Å². The number of amides is 1. The van der Waals surface area contributed by atoms with E-state index < -0.39 is 29.6 Å². The molecule has 0 fully saturated rings. The van der Waals surface area contributed by atoms with Crippen LogP contribution in [0.2, 0.25) is 0 Å². The summed E-state index contributed by atoms with van der Waals surface area (Å²) in [4.78, 5) is 28.0. The minimum absolute atomic E-state index is 0.0176. The Kier molecular flexibility index (Phi) is 5.68. The molecule has 0 aliphatic carbocycles. The van der Waals surface area contributed by atoms with Gasteiger partial charge in [-0.2, -0.15) is 0 Å². The second kappa shape index (κ2) is 8.18. The highest BCUT2D eigenvalue weighted by atomic mass is 19.2. The summed E-state index contributed by atoms with van der Waals surface area (Å²) in [6.45, 7) is 3.22. The maximum Gasteiger partial charge on any atom is 0.338 e. The summed E-state index contributed by atoms with van der Waals surface area (Å²) in [6.07, 6.45) is 0.510. The summed E-state index contributed by atoms with van der Waals surface area (Å²) in [6, 6.07) is 11.8. The number of halogens is 2. The molecule has 1 amide bonds. The smallest absolute Gasteiger partial charge is 0.338 e. The Bertz CT molecular complexity index is 1080. The van der Waals surface area contributed by atoms with E-state index in [1.54, 1.807) is 18.3 Å². The summed E-state index contributed by atoms with van der Waals surface area (Å²) >= 11 is 0. The molecule has 1 heterocycles. The largest absolute Gasteiger partial charge is 0.449 e. The number of nitrogens with zero attached hydrogens (tertiary/aromatic N) is 1. The number of primary amides is 1. The van der Waals surface area contributed by atoms with Gasteiger partial charge in [-0.05, 0) is 55.3 Å². The van der Waals surface area contributed by atoms with Crippen molar-refractivity contribution in [2.45, 2.75) is 20.0 Å². The molecule has 2 N–H and O–H groups in total. The lowest BCUT2D eigenvalue weighted by Crippen LogP contribution is -2.30. The Hall–Kier alpha value is -3.61. The summed E-state index contributed by atoms with van der Waals surface area (Å²) in [5.41, 5.74) is 7.42. The molecular weight excluding hydrogens is 378 g/mol. The normalized spacial score (nSPS) is 11.7. The number of hydrogen-bond acceptors (Lipinski definition) is 4. The fraction of sp³-hybridized carbons (Fsp3) is 0.136. The van der Waals surface area contributed by atoms with Gasteiger partial charge in [-0.15, -0.1) is 0 Å². The van der Waals surface area contributed by atoms with E-state index in [9.17, 15) is 18.4 Å². The highest BCUT2D eigenvalue weighted by Gasteiger charge is 2.19. The van der Waals surface area contributed by atoms with Crippen LogP contribution in [-0.4, -0.2) is 23.0 Å². The van der Waals surface area contributed by atoms with Crippen LogP contribution in [0.3, 0.4) is 0 Å². The lowest BCUT2D eigenvalue weighted by atomic mass is 9.97. The zero-order chi connectivity index (χ0) is 21.1. The number of carbonyl (C=O) groups is 2. The standard InChI is InChI=1S/C22H18F2N2O3/c1-12-6-7-19(26-11-12)15-8-14(17-4-3-5-18(23)20(17)24)9-16(10-15)22(28)29-13(2)21(25)27/h3-11,13H,1-2H3,(H2,25,27)/t13-/m0/s1. The van der Waals surface area contributed by atoms with Crippen LogP contribution in [0.4, 0.5) is 8.78 Å². The molecule has 5 nitrogen and oxygen atoms in total. The van der Waals surface area contributed by atoms with Crippen LogP contribution in [0.5, 0.6) is 0 Å². The fourth-order valence-electron chi connectivity index (χ4n) is 2.70. The third-order valence-corrected chi connectivity index (χ3v) is 4.32. The van der Waals surface area contributed by atoms with Gasteiger partial charge in [-0.1, -0.05) is 18.2 Å². The second-order valence-corrected chi connectivity index (χ2v) is 6.57. The maximum absolute atomic E-state index is 14.4. The van der Waals surface area contributed by atoms with E-state index in [0.717, 1.165) is 11.6 Å². The maximum atomic E-state index is 14.4. The Morgan fingerprint density at radius 1 is 1.07 bits per heavy atom. The van der Waals surface area contributed by atoms with E-state index in [0.29, 0.717) is 11.3 Å². The molecule has 0 aliphatic rings. The van der Waals surface area contributed by atoms with Gasteiger partial charge in [0.2, 0.25) is 0 Å². The molecule has 148 valence electrons. The van der Waals surface area contributed by atoms with Crippen LogP contribution in [0.1, 0.15) is 22.8 Å². The number of aryl methyl sites for hydroxylation is 1. The van der Waals surface area contributed by atoms with Crippen molar-refractivity contribution in [2.24, 2.45) is 5.73 Å². The van der Waals surface area contributed by atoms with E-state index in [-0.39, 0.29) is 16.7 Å². The van der Waals surface area contributed by atoms with Gasteiger partial charge in [0, 0.05) is 17.3 Å². The van der Waals surface area contributed by atoms with Gasteiger partial charge in [0.25, 0.3) is 5.91 Å². The van der Waals surface area contributed by atoms with Gasteiger partial charge in [-0.3, -0.25) is 9.78 Å². The van der Waals surface area contributed by atoms with Crippen LogP contribution >= 0.6 is 0 Å². The lowest BCUT2D eigenvalue weighted by molar-refractivity contribution is -0.125. The van der Waals surface area contributed by atoms with Crippen molar-refractivity contribution in [1.29, 1.82) is 0 Å². The molecule has 0 spiro atoms. The quantitative estimate of drug-likeness (QED) is 0.660. The van der Waals surface area contributed by atoms with Crippen LogP contribution in [0, 0.1) is 18.6 Å². The minimum Gasteiger partial charge on any atom is -0.449 e. The predicted molar refractivity (Wildman–Crippen MR) is 104 cm³/mol. The Morgan fingerprint density at radius 3 is 2.45 bits per heavy atom. The molecule has 3 aromatic rings. The van der Waals surface area contributed by atoms with E-state index >= 15 is 0 Å². The van der Waals surface area contributed by atoms with Crippen LogP contribution in [-0.2, 0) is 9.53 Å². The van der Waals surface area contributed by atoms with Crippen molar-refractivity contribution in [2.75, 3.05) is 0 Å². The lowest BCUT2D eigenvalue weighted by Gasteiger charge is -2.13. The molecule has 0 radical (unpaired) electrons. The monoisotopic (exact) mass is 396 g/mol. The number of pyridine rings is 1. The van der Waals surface area contributed by atoms with E-state index in [4.69, 9.17) is 10.5 Å². The van der Waals surface area contributed by atoms with Crippen LogP contribution in [0.15, 0.2) is 54.7 Å². The molecular formula is C22H18F2N2O3. The molecule has 0 saturated heterocycles. The van der Waals surface area contributed by atoms with Gasteiger partial charge in [0.1, 0.15) is 0 Å². The van der Waals surface area contributed by atoms with Gasteiger partial charge in [-0.25, -0.2) is 13.6 Å². The molecule has 0 bridgehead atoms. The van der Waals surface area contributed by atoms with Gasteiger partial charge in [0.15, 0.2) is 17.7 Å². The van der Waals surface area contributed by atoms with E-state index in [2.05, 4.69) is 4.98 Å². The summed E-state index contributed by atoms with van der Waals surface area (Å²) < 4.78 is 33.1. The molecule has 0 unspecified atom stereocenters. The zero-order valence-corrected chi connectivity index (χ0v) is 15.8. The van der Waals surface area contributed by atoms with Gasteiger partial charge >= 0.3 is 5.97 Å². The highest BCUT2D eigenvalue weighted by Crippen LogP contribution is 2.30. The number of esters is 1. The zero-order valence-electron chi connectivity index (χ0n) is 15.8. The average molecular weight is 396 g/mol. The van der Waals surface area contributed by atoms with Crippen LogP contribution in [0.25, 0.3) is 22.4 Å². The fourth-order valence-corrected chi connectivity index (χ4v) is 2.70. The molecule has 7 heteroatoms. The third-order valence-electron chi connectivity index (χ3n) is 4.32. The number of hydrogen-bond donors (Lipinski definition) is 1. The molecule has 29 heavy (non-hydrogen) atoms. The predicted octanol–water partition coefficient (Wildman–Crippen LogP) is 4.03. The molecule has 1 atom stereocenters. The number of carbonyl (C=O) groups excluding carboxylic acids is 2. The van der Waals surface area contributed by atoms with Crippen molar-refractivity contribution in [3.8, 4) is 22.4 Å². The second-order valence-electron chi connectivity index (χ2n) is 6.57. The summed E-state index contributed by atoms with van der Waals surface area (Å²) in [5.74, 6) is -3.66. The topological polar surface area (TPSA) is 82.3 Å². The molecule has 1 aromatic heterocycles. The van der Waals surface area contributed by atoms with Crippen LogP contribution < -0.4 is 5.73 Å². The highest BCUT2D eigenvalue weighted by molar-refractivity contribution is 5.95. The molecule has 2 aromatic carbocycles. The first-order valence-corrected chi connectivity index (χ1v) is 8.79. The van der Waals surface area contributed by atoms with Crippen molar-refractivity contribution in [3.05, 3.63) is 77.5 Å². The van der Waals surface area contributed by atoms with Crippen molar-refractivity contribution in [3.63, 3.8) is 0 Å². The number of benzene rings is 2. The molecule has 0 saturated carbocycles. The van der Waals surface area contributed by atoms with E-state index in [1.165, 1.54) is 31.2 Å². The van der Waals surface area contributed by atoms with Crippen molar-refractivity contribution in [1.82, 2.24) is 4.98 Å². The third kappa shape index (κ3) is 4.45. The summed E-state index contributed by atoms with van der Waals surface area (Å²) in [5, 5.41) is 0. The minimum atomic E-state index is -1.14. The number of nitrogens with two attached hydrogens (primary N) is 1. The first-order chi connectivity index (χ1) is 13.8. The number of ether oxygens (including phenoxy) is 1.